The average Bonchev–Trinajstić information content (AvgIpc) is 2.51. The van der Waals surface area contributed by atoms with Crippen LogP contribution in [-0.4, -0.2) is 26.5 Å². The number of benzene rings is 1. The number of rotatable bonds is 6. The molecule has 0 atom stereocenters. The van der Waals surface area contributed by atoms with Crippen molar-refractivity contribution in [2.45, 2.75) is 11.8 Å². The lowest BCUT2D eigenvalue weighted by Crippen LogP contribution is -2.12. The van der Waals surface area contributed by atoms with E-state index in [1.807, 2.05) is 0 Å². The molecule has 124 valence electrons. The van der Waals surface area contributed by atoms with Crippen LogP contribution in [0.25, 0.3) is 0 Å². The second kappa shape index (κ2) is 10.2. The molecule has 1 rings (SSSR count). The highest BCUT2D eigenvalue weighted by molar-refractivity contribution is 7.94. The summed E-state index contributed by atoms with van der Waals surface area (Å²) in [6.45, 7) is 5.51. The highest BCUT2D eigenvalue weighted by atomic mass is 32.2. The molecule has 0 aliphatic rings. The van der Waals surface area contributed by atoms with Crippen molar-refractivity contribution in [2.75, 3.05) is 25.9 Å². The third kappa shape index (κ3) is 6.04. The topological polar surface area (TPSA) is 64.3 Å². The molecule has 0 amide bonds. The number of anilines is 1. The summed E-state index contributed by atoms with van der Waals surface area (Å²) in [5.74, 6) is -6.36. The van der Waals surface area contributed by atoms with Crippen molar-refractivity contribution in [1.82, 2.24) is 5.32 Å². The van der Waals surface area contributed by atoms with E-state index < -0.39 is 33.9 Å². The third-order valence-electron chi connectivity index (χ3n) is 2.04. The normalized spacial score (nSPS) is 9.91. The molecule has 0 unspecified atom stereocenters. The van der Waals surface area contributed by atoms with Gasteiger partial charge in [0.05, 0.1) is 6.61 Å². The monoisotopic (exact) mass is 340 g/mol. The van der Waals surface area contributed by atoms with Gasteiger partial charge in [-0.15, -0.1) is 0 Å². The zero-order valence-corrected chi connectivity index (χ0v) is 12.8. The molecule has 0 heterocycles. The molecule has 9 heteroatoms. The fourth-order valence-corrected chi connectivity index (χ4v) is 1.56. The summed E-state index contributed by atoms with van der Waals surface area (Å²) >= 11 is 0.225. The SMILES string of the molecule is C=C(C)C=O.CNCCOSc1c(F)c(F)c(N)c(F)c1F. The van der Waals surface area contributed by atoms with Gasteiger partial charge in [0, 0.05) is 18.6 Å². The first-order valence-electron chi connectivity index (χ1n) is 5.94. The lowest BCUT2D eigenvalue weighted by Gasteiger charge is -2.08. The summed E-state index contributed by atoms with van der Waals surface area (Å²) in [4.78, 5) is 8.52. The van der Waals surface area contributed by atoms with Crippen LogP contribution < -0.4 is 11.1 Å². The lowest BCUT2D eigenvalue weighted by molar-refractivity contribution is -0.104. The first-order chi connectivity index (χ1) is 10.3. The molecule has 4 nitrogen and oxygen atoms in total. The fourth-order valence-electron chi connectivity index (χ4n) is 0.946. The summed E-state index contributed by atoms with van der Waals surface area (Å²) in [5, 5.41) is 2.72. The Kier molecular flexibility index (Phi) is 9.46. The number of halogens is 4. The molecule has 0 saturated carbocycles. The van der Waals surface area contributed by atoms with Gasteiger partial charge in [-0.3, -0.25) is 4.79 Å². The summed E-state index contributed by atoms with van der Waals surface area (Å²) < 4.78 is 57.3. The second-order valence-corrected chi connectivity index (χ2v) is 4.78. The first-order valence-corrected chi connectivity index (χ1v) is 6.68. The van der Waals surface area contributed by atoms with Gasteiger partial charge in [-0.05, 0) is 19.5 Å². The molecule has 0 aromatic heterocycles. The molecule has 0 fully saturated rings. The Morgan fingerprint density at radius 1 is 1.27 bits per heavy atom. The van der Waals surface area contributed by atoms with E-state index in [1.54, 1.807) is 14.0 Å². The summed E-state index contributed by atoms with van der Waals surface area (Å²) in [6.07, 6.45) is 0.722. The largest absolute Gasteiger partial charge is 0.394 e. The number of aldehydes is 1. The van der Waals surface area contributed by atoms with Crippen LogP contribution >= 0.6 is 12.0 Å². The van der Waals surface area contributed by atoms with Crippen molar-refractivity contribution in [3.05, 3.63) is 35.4 Å². The van der Waals surface area contributed by atoms with Gasteiger partial charge in [-0.2, -0.15) is 0 Å². The minimum atomic E-state index is -1.62. The molecule has 1 aromatic carbocycles. The number of allylic oxidation sites excluding steroid dienone is 1. The third-order valence-corrected chi connectivity index (χ3v) is 2.85. The van der Waals surface area contributed by atoms with Gasteiger partial charge in [0.25, 0.3) is 0 Å². The summed E-state index contributed by atoms with van der Waals surface area (Å²) in [6, 6.07) is 0. The van der Waals surface area contributed by atoms with Gasteiger partial charge in [0.15, 0.2) is 23.3 Å². The van der Waals surface area contributed by atoms with E-state index in [2.05, 4.69) is 11.9 Å². The smallest absolute Gasteiger partial charge is 0.186 e. The minimum absolute atomic E-state index is 0.119. The molecule has 3 N–H and O–H groups in total. The number of carbonyl (C=O) groups is 1. The van der Waals surface area contributed by atoms with E-state index in [1.165, 1.54) is 0 Å². The van der Waals surface area contributed by atoms with Gasteiger partial charge in [0.1, 0.15) is 16.9 Å². The molecule has 0 radical (unpaired) electrons. The molecule has 22 heavy (non-hydrogen) atoms. The van der Waals surface area contributed by atoms with Crippen LogP contribution in [0.1, 0.15) is 6.92 Å². The van der Waals surface area contributed by atoms with E-state index in [0.717, 1.165) is 6.29 Å². The van der Waals surface area contributed by atoms with Crippen molar-refractivity contribution in [2.24, 2.45) is 0 Å². The van der Waals surface area contributed by atoms with Gasteiger partial charge in [-0.25, -0.2) is 17.6 Å². The Hall–Kier alpha value is -1.58. The number of hydrogen-bond acceptors (Lipinski definition) is 5. The van der Waals surface area contributed by atoms with Crippen LogP contribution in [0.3, 0.4) is 0 Å². The Labute approximate surface area is 129 Å². The predicted octanol–water partition coefficient (Wildman–Crippen LogP) is 2.83. The van der Waals surface area contributed by atoms with Crippen molar-refractivity contribution in [3.8, 4) is 0 Å². The number of nitrogens with two attached hydrogens (primary N) is 1. The molecule has 0 bridgehead atoms. The van der Waals surface area contributed by atoms with E-state index in [-0.39, 0.29) is 18.6 Å². The highest BCUT2D eigenvalue weighted by Gasteiger charge is 2.24. The molecule has 0 aliphatic heterocycles. The van der Waals surface area contributed by atoms with E-state index in [9.17, 15) is 22.4 Å². The zero-order chi connectivity index (χ0) is 17.3. The molecule has 0 saturated heterocycles. The summed E-state index contributed by atoms with van der Waals surface area (Å²) in [7, 11) is 1.65. The van der Waals surface area contributed by atoms with Crippen molar-refractivity contribution >= 4 is 24.0 Å². The molecular weight excluding hydrogens is 324 g/mol. The molecule has 1 aromatic rings. The van der Waals surface area contributed by atoms with Crippen LogP contribution in [0.2, 0.25) is 0 Å². The standard InChI is InChI=1S/C9H10F4N2OS.C4H6O/c1-15-2-3-16-17-9-6(12)4(10)8(14)5(11)7(9)13;1-4(2)3-5/h15H,2-3,14H2,1H3;3H,1H2,2H3. The quantitative estimate of drug-likeness (QED) is 0.159. The van der Waals surface area contributed by atoms with Gasteiger partial charge in [-0.1, -0.05) is 6.58 Å². The number of hydrogen-bond donors (Lipinski definition) is 2. The minimum Gasteiger partial charge on any atom is -0.394 e. The number of carbonyl (C=O) groups excluding carboxylic acids is 1. The maximum absolute atomic E-state index is 13.2. The number of nitrogen functional groups attached to an aromatic ring is 1. The Morgan fingerprint density at radius 3 is 2.09 bits per heavy atom. The van der Waals surface area contributed by atoms with Gasteiger partial charge in [0.2, 0.25) is 0 Å². The van der Waals surface area contributed by atoms with Crippen LogP contribution in [0.4, 0.5) is 23.2 Å². The molecule has 0 spiro atoms. The fraction of sp³-hybridized carbons (Fsp3) is 0.308. The maximum atomic E-state index is 13.2. The number of likely N-dealkylation sites (N-methyl/N-ethyl adjacent to an activating group) is 1. The van der Waals surface area contributed by atoms with Crippen molar-refractivity contribution in [3.63, 3.8) is 0 Å². The maximum Gasteiger partial charge on any atom is 0.186 e. The van der Waals surface area contributed by atoms with Crippen molar-refractivity contribution < 1.29 is 26.5 Å². The van der Waals surface area contributed by atoms with Crippen LogP contribution in [0.5, 0.6) is 0 Å². The van der Waals surface area contributed by atoms with Gasteiger partial charge >= 0.3 is 0 Å². The summed E-state index contributed by atoms with van der Waals surface area (Å²) in [5.41, 5.74) is 4.23. The molecule has 0 aliphatic carbocycles. The molecular formula is C13H16F4N2O2S. The second-order valence-electron chi connectivity index (χ2n) is 3.97. The van der Waals surface area contributed by atoms with Crippen molar-refractivity contribution in [1.29, 1.82) is 0 Å². The van der Waals surface area contributed by atoms with E-state index in [4.69, 9.17) is 9.92 Å². The Bertz CT molecular complexity index is 512. The van der Waals surface area contributed by atoms with E-state index in [0.29, 0.717) is 12.1 Å². The lowest BCUT2D eigenvalue weighted by atomic mass is 10.2. The number of nitrogens with one attached hydrogen (secondary N) is 1. The highest BCUT2D eigenvalue weighted by Crippen LogP contribution is 2.32. The van der Waals surface area contributed by atoms with E-state index >= 15 is 0 Å². The van der Waals surface area contributed by atoms with Crippen LogP contribution in [0, 0.1) is 23.3 Å². The predicted molar refractivity (Wildman–Crippen MR) is 77.3 cm³/mol. The Balaban J connectivity index is 0.000000763. The Morgan fingerprint density at radius 2 is 1.73 bits per heavy atom. The van der Waals surface area contributed by atoms with Crippen LogP contribution in [-0.2, 0) is 8.98 Å². The first kappa shape index (κ1) is 20.4. The zero-order valence-electron chi connectivity index (χ0n) is 12.0. The average molecular weight is 340 g/mol. The van der Waals surface area contributed by atoms with Crippen LogP contribution in [0.15, 0.2) is 17.0 Å². The van der Waals surface area contributed by atoms with Gasteiger partial charge < -0.3 is 15.2 Å².